The molecule has 0 spiro atoms. The maximum absolute atomic E-state index is 10.8. The molecule has 0 aliphatic heterocycles. The molecule has 3 aliphatic carbocycles. The second kappa shape index (κ2) is 13.8. The Morgan fingerprint density at radius 2 is 1.31 bits per heavy atom. The molecule has 3 fully saturated rings. The summed E-state index contributed by atoms with van der Waals surface area (Å²) in [5, 5.41) is 0. The van der Waals surface area contributed by atoms with Crippen LogP contribution in [0.15, 0.2) is 0 Å². The van der Waals surface area contributed by atoms with E-state index >= 15 is 0 Å². The molecule has 7 heteroatoms. The van der Waals surface area contributed by atoms with Crippen LogP contribution in [0.3, 0.4) is 0 Å². The van der Waals surface area contributed by atoms with Crippen LogP contribution in [-0.4, -0.2) is 78.0 Å². The van der Waals surface area contributed by atoms with Gasteiger partial charge in [0.05, 0.1) is 11.9 Å². The molecule has 4 nitrogen and oxygen atoms in total. The average molecular weight is 457 g/mol. The summed E-state index contributed by atoms with van der Waals surface area (Å²) >= 11 is 0. The van der Waals surface area contributed by atoms with Crippen molar-refractivity contribution in [3.8, 4) is 0 Å². The Balaban J connectivity index is 0.00000300. The Labute approximate surface area is 202 Å². The molecule has 3 rings (SSSR count). The van der Waals surface area contributed by atoms with Gasteiger partial charge in [0.25, 0.3) is 10.1 Å². The summed E-state index contributed by atoms with van der Waals surface area (Å²) in [5.74, 6) is -0.141. The SMILES string of the molecule is O=S(=O)(O)CCCCOC1CCCC(P(C2CCCCC2)C2CCCCC2)C1.[NaH]. The third kappa shape index (κ3) is 9.36. The van der Waals surface area contributed by atoms with Crippen LogP contribution in [0.25, 0.3) is 0 Å². The molecule has 0 aromatic carbocycles. The van der Waals surface area contributed by atoms with E-state index in [-0.39, 0.29) is 43.2 Å². The second-order valence-electron chi connectivity index (χ2n) is 9.34. The topological polar surface area (TPSA) is 63.6 Å². The van der Waals surface area contributed by atoms with Gasteiger partial charge < -0.3 is 4.74 Å². The van der Waals surface area contributed by atoms with E-state index in [1.165, 1.54) is 89.9 Å². The van der Waals surface area contributed by atoms with E-state index in [2.05, 4.69) is 0 Å². The van der Waals surface area contributed by atoms with Crippen molar-refractivity contribution in [3.05, 3.63) is 0 Å². The number of unbranched alkanes of at least 4 members (excludes halogenated alkanes) is 1. The van der Waals surface area contributed by atoms with Crippen LogP contribution < -0.4 is 0 Å². The summed E-state index contributed by atoms with van der Waals surface area (Å²) in [6.45, 7) is 0.637. The monoisotopic (exact) mass is 456 g/mol. The van der Waals surface area contributed by atoms with Gasteiger partial charge in [0.15, 0.2) is 0 Å². The molecule has 0 aromatic rings. The molecule has 3 saturated carbocycles. The molecule has 29 heavy (non-hydrogen) atoms. The Morgan fingerprint density at radius 1 is 0.759 bits per heavy atom. The van der Waals surface area contributed by atoms with Gasteiger partial charge in [0.1, 0.15) is 0 Å². The first-order valence-corrected chi connectivity index (χ1v) is 15.0. The zero-order valence-electron chi connectivity index (χ0n) is 17.6. The van der Waals surface area contributed by atoms with Crippen molar-refractivity contribution in [1.29, 1.82) is 0 Å². The van der Waals surface area contributed by atoms with E-state index < -0.39 is 10.1 Å². The first kappa shape index (κ1) is 26.6. The molecule has 0 amide bonds. The maximum atomic E-state index is 10.8. The van der Waals surface area contributed by atoms with Crippen molar-refractivity contribution in [1.82, 2.24) is 0 Å². The molecular weight excluding hydrogens is 414 g/mol. The molecule has 2 unspecified atom stereocenters. The molecule has 0 bridgehead atoms. The normalized spacial score (nSPS) is 27.7. The van der Waals surface area contributed by atoms with E-state index in [4.69, 9.17) is 9.29 Å². The fraction of sp³-hybridized carbons (Fsp3) is 1.00. The summed E-state index contributed by atoms with van der Waals surface area (Å²) in [5.41, 5.74) is 2.94. The van der Waals surface area contributed by atoms with Gasteiger partial charge in [0.2, 0.25) is 0 Å². The molecule has 3 aliphatic rings. The predicted molar refractivity (Wildman–Crippen MR) is 125 cm³/mol. The van der Waals surface area contributed by atoms with Crippen LogP contribution in [0.1, 0.15) is 103 Å². The zero-order chi connectivity index (χ0) is 19.8. The van der Waals surface area contributed by atoms with Crippen molar-refractivity contribution < 1.29 is 17.7 Å². The number of hydrogen-bond acceptors (Lipinski definition) is 3. The fourth-order valence-electron chi connectivity index (χ4n) is 5.83. The Bertz CT molecular complexity index is 529. The second-order valence-corrected chi connectivity index (χ2v) is 14.0. The summed E-state index contributed by atoms with van der Waals surface area (Å²) < 4.78 is 36.7. The number of rotatable bonds is 9. The van der Waals surface area contributed by atoms with Crippen molar-refractivity contribution in [3.63, 3.8) is 0 Å². The molecule has 0 heterocycles. The van der Waals surface area contributed by atoms with Gasteiger partial charge in [-0.1, -0.05) is 52.9 Å². The van der Waals surface area contributed by atoms with E-state index in [1.54, 1.807) is 0 Å². The minimum absolute atomic E-state index is 0. The molecular formula is C22H42NaO4PS. The van der Waals surface area contributed by atoms with E-state index in [0.29, 0.717) is 19.1 Å². The standard InChI is InChI=1S/C22H41O4PS.Na.H/c23-28(24,25)17-8-7-16-26-19-10-9-15-22(18-19)27(20-11-3-1-4-12-20)21-13-5-2-6-14-21;;/h19-22H,1-18H2,(H,23,24,25);;. The summed E-state index contributed by atoms with van der Waals surface area (Å²) in [6.07, 6.45) is 21.4. The first-order chi connectivity index (χ1) is 13.5. The van der Waals surface area contributed by atoms with Crippen LogP contribution >= 0.6 is 7.92 Å². The Morgan fingerprint density at radius 3 is 1.86 bits per heavy atom. The molecule has 2 atom stereocenters. The van der Waals surface area contributed by atoms with Gasteiger partial charge in [-0.2, -0.15) is 8.42 Å². The van der Waals surface area contributed by atoms with Crippen molar-refractivity contribution in [2.45, 2.75) is 126 Å². The summed E-state index contributed by atoms with van der Waals surface area (Å²) in [6, 6.07) is 0. The zero-order valence-corrected chi connectivity index (χ0v) is 19.3. The van der Waals surface area contributed by atoms with Crippen molar-refractivity contribution in [2.24, 2.45) is 0 Å². The van der Waals surface area contributed by atoms with Gasteiger partial charge in [-0.25, -0.2) is 0 Å². The molecule has 166 valence electrons. The fourth-order valence-corrected chi connectivity index (χ4v) is 11.1. The van der Waals surface area contributed by atoms with Crippen LogP contribution in [0.4, 0.5) is 0 Å². The molecule has 1 N–H and O–H groups in total. The summed E-state index contributed by atoms with van der Waals surface area (Å²) in [4.78, 5) is 0. The van der Waals surface area contributed by atoms with Gasteiger partial charge in [-0.05, 0) is 74.8 Å². The molecule has 0 saturated heterocycles. The molecule has 0 aromatic heterocycles. The Hall–Kier alpha value is 1.30. The van der Waals surface area contributed by atoms with Crippen molar-refractivity contribution in [2.75, 3.05) is 12.4 Å². The van der Waals surface area contributed by atoms with E-state index in [0.717, 1.165) is 23.4 Å². The van der Waals surface area contributed by atoms with Gasteiger partial charge in [-0.3, -0.25) is 4.55 Å². The predicted octanol–water partition coefficient (Wildman–Crippen LogP) is 5.48. The first-order valence-electron chi connectivity index (χ1n) is 11.9. The van der Waals surface area contributed by atoms with Crippen LogP contribution in [0.2, 0.25) is 0 Å². The van der Waals surface area contributed by atoms with Gasteiger partial charge >= 0.3 is 29.6 Å². The van der Waals surface area contributed by atoms with Gasteiger partial charge in [0, 0.05) is 6.61 Å². The van der Waals surface area contributed by atoms with Crippen LogP contribution in [0, 0.1) is 0 Å². The molecule has 0 radical (unpaired) electrons. The van der Waals surface area contributed by atoms with E-state index in [9.17, 15) is 8.42 Å². The van der Waals surface area contributed by atoms with Crippen LogP contribution in [-0.2, 0) is 14.9 Å². The van der Waals surface area contributed by atoms with Crippen molar-refractivity contribution >= 4 is 47.6 Å². The number of ether oxygens (including phenoxy) is 1. The van der Waals surface area contributed by atoms with Crippen LogP contribution in [0.5, 0.6) is 0 Å². The quantitative estimate of drug-likeness (QED) is 0.216. The third-order valence-corrected chi connectivity index (χ3v) is 12.0. The average Bonchev–Trinajstić information content (AvgIpc) is 2.69. The summed E-state index contributed by atoms with van der Waals surface area (Å²) in [7, 11) is -3.70. The Kier molecular flexibility index (Phi) is 12.6. The third-order valence-electron chi connectivity index (χ3n) is 7.16. The number of hydrogen-bond donors (Lipinski definition) is 1. The van der Waals surface area contributed by atoms with Gasteiger partial charge in [-0.15, -0.1) is 0 Å². The minimum atomic E-state index is -3.83. The van der Waals surface area contributed by atoms with E-state index in [1.807, 2.05) is 0 Å².